The first-order valence-corrected chi connectivity index (χ1v) is 11.4. The van der Waals surface area contributed by atoms with Crippen LogP contribution in [0.4, 0.5) is 0 Å². The highest BCUT2D eigenvalue weighted by molar-refractivity contribution is 9.10. The van der Waals surface area contributed by atoms with E-state index in [0.29, 0.717) is 18.3 Å². The summed E-state index contributed by atoms with van der Waals surface area (Å²) in [6.45, 7) is 0.580. The Kier molecular flexibility index (Phi) is 5.66. The van der Waals surface area contributed by atoms with Crippen LogP contribution in [0.15, 0.2) is 51.4 Å². The topological polar surface area (TPSA) is 51.0 Å². The lowest BCUT2D eigenvalue weighted by Gasteiger charge is -2.18. The molecule has 1 aliphatic carbocycles. The van der Waals surface area contributed by atoms with E-state index in [1.165, 1.54) is 11.8 Å². The Labute approximate surface area is 174 Å². The number of carbonyl (C=O) groups excluding carboxylic acids is 1. The Morgan fingerprint density at radius 3 is 2.81 bits per heavy atom. The van der Waals surface area contributed by atoms with Crippen molar-refractivity contribution in [1.29, 1.82) is 0 Å². The normalized spacial score (nSPS) is 13.7. The molecule has 0 radical (unpaired) electrons. The van der Waals surface area contributed by atoms with Gasteiger partial charge in [0.15, 0.2) is 11.0 Å². The fourth-order valence-corrected chi connectivity index (χ4v) is 4.88. The van der Waals surface area contributed by atoms with Crippen molar-refractivity contribution in [3.05, 3.63) is 51.8 Å². The molecule has 140 valence electrons. The zero-order chi connectivity index (χ0) is 18.8. The number of hydrogen-bond donors (Lipinski definition) is 0. The lowest BCUT2D eigenvalue weighted by Crippen LogP contribution is -2.28. The van der Waals surface area contributed by atoms with Gasteiger partial charge in [0.05, 0.1) is 10.6 Å². The van der Waals surface area contributed by atoms with E-state index in [0.717, 1.165) is 38.7 Å². The summed E-state index contributed by atoms with van der Waals surface area (Å²) in [6, 6.07) is 12.5. The molecular formula is C19H19BrN4OS2. The zero-order valence-electron chi connectivity index (χ0n) is 14.8. The minimum atomic E-state index is 0.0822. The molecule has 2 aromatic heterocycles. The molecule has 1 saturated carbocycles. The second kappa shape index (κ2) is 8.16. The van der Waals surface area contributed by atoms with Crippen LogP contribution in [0.5, 0.6) is 0 Å². The van der Waals surface area contributed by atoms with Crippen molar-refractivity contribution in [2.45, 2.75) is 30.6 Å². The van der Waals surface area contributed by atoms with Gasteiger partial charge in [0, 0.05) is 24.1 Å². The summed E-state index contributed by atoms with van der Waals surface area (Å²) in [4.78, 5) is 15.5. The highest BCUT2D eigenvalue weighted by Crippen LogP contribution is 2.41. The minimum Gasteiger partial charge on any atom is -0.341 e. The zero-order valence-corrected chi connectivity index (χ0v) is 18.1. The van der Waals surface area contributed by atoms with E-state index in [2.05, 4.69) is 36.8 Å². The van der Waals surface area contributed by atoms with Gasteiger partial charge in [-0.1, -0.05) is 52.0 Å². The molecule has 2 heterocycles. The summed E-state index contributed by atoms with van der Waals surface area (Å²) in [6.07, 6.45) is 2.31. The Morgan fingerprint density at radius 1 is 1.30 bits per heavy atom. The first-order chi connectivity index (χ1) is 13.1. The third-order valence-corrected chi connectivity index (χ3v) is 7.00. The third kappa shape index (κ3) is 4.28. The van der Waals surface area contributed by atoms with E-state index in [9.17, 15) is 4.79 Å². The molecule has 0 atom stereocenters. The van der Waals surface area contributed by atoms with Gasteiger partial charge < -0.3 is 4.90 Å². The van der Waals surface area contributed by atoms with Gasteiger partial charge in [-0.3, -0.25) is 9.36 Å². The molecule has 1 fully saturated rings. The van der Waals surface area contributed by atoms with Gasteiger partial charge in [0.2, 0.25) is 5.91 Å². The van der Waals surface area contributed by atoms with Crippen LogP contribution in [0.2, 0.25) is 0 Å². The van der Waals surface area contributed by atoms with Gasteiger partial charge in [-0.25, -0.2) is 0 Å². The summed E-state index contributed by atoms with van der Waals surface area (Å²) >= 11 is 6.68. The van der Waals surface area contributed by atoms with E-state index in [4.69, 9.17) is 0 Å². The number of carbonyl (C=O) groups is 1. The molecule has 0 N–H and O–H groups in total. The average molecular weight is 463 g/mol. The number of amides is 1. The van der Waals surface area contributed by atoms with Crippen molar-refractivity contribution in [2.24, 2.45) is 0 Å². The van der Waals surface area contributed by atoms with Crippen molar-refractivity contribution in [2.75, 3.05) is 12.8 Å². The number of thioether (sulfide) groups is 1. The molecule has 0 unspecified atom stereocenters. The van der Waals surface area contributed by atoms with Crippen LogP contribution in [0.3, 0.4) is 0 Å². The van der Waals surface area contributed by atoms with E-state index in [1.54, 1.807) is 16.2 Å². The van der Waals surface area contributed by atoms with Crippen LogP contribution in [0, 0.1) is 0 Å². The maximum atomic E-state index is 12.6. The first kappa shape index (κ1) is 18.7. The molecule has 5 nitrogen and oxygen atoms in total. The molecule has 0 aliphatic heterocycles. The summed E-state index contributed by atoms with van der Waals surface area (Å²) in [5.74, 6) is 1.36. The second-order valence-corrected chi connectivity index (χ2v) is 9.26. The molecule has 4 rings (SSSR count). The summed E-state index contributed by atoms with van der Waals surface area (Å²) in [5, 5.41) is 11.6. The van der Waals surface area contributed by atoms with Crippen molar-refractivity contribution < 1.29 is 4.79 Å². The SMILES string of the molecule is CN(Cc1ccccc1Br)C(=O)CSc1nnc(-c2cccs2)n1C1CC1. The lowest BCUT2D eigenvalue weighted by atomic mass is 10.2. The van der Waals surface area contributed by atoms with E-state index >= 15 is 0 Å². The Hall–Kier alpha value is -1.64. The fraction of sp³-hybridized carbons (Fsp3) is 0.316. The van der Waals surface area contributed by atoms with Gasteiger partial charge in [-0.05, 0) is 35.9 Å². The molecule has 1 amide bonds. The number of hydrogen-bond acceptors (Lipinski definition) is 5. The van der Waals surface area contributed by atoms with Crippen LogP contribution in [-0.2, 0) is 11.3 Å². The van der Waals surface area contributed by atoms with Crippen LogP contribution < -0.4 is 0 Å². The number of benzene rings is 1. The monoisotopic (exact) mass is 462 g/mol. The second-order valence-electron chi connectivity index (χ2n) is 6.51. The Balaban J connectivity index is 1.43. The van der Waals surface area contributed by atoms with E-state index in [-0.39, 0.29) is 5.91 Å². The maximum Gasteiger partial charge on any atom is 0.233 e. The van der Waals surface area contributed by atoms with Gasteiger partial charge in [-0.15, -0.1) is 21.5 Å². The molecule has 27 heavy (non-hydrogen) atoms. The molecule has 1 aromatic carbocycles. The van der Waals surface area contributed by atoms with Crippen molar-refractivity contribution >= 4 is 44.9 Å². The quantitative estimate of drug-likeness (QED) is 0.470. The molecule has 0 saturated heterocycles. The molecule has 3 aromatic rings. The van der Waals surface area contributed by atoms with Crippen LogP contribution in [0.1, 0.15) is 24.4 Å². The third-order valence-electron chi connectivity index (χ3n) is 4.43. The molecule has 1 aliphatic rings. The largest absolute Gasteiger partial charge is 0.341 e. The van der Waals surface area contributed by atoms with Gasteiger partial charge >= 0.3 is 0 Å². The Bertz CT molecular complexity index is 937. The minimum absolute atomic E-state index is 0.0822. The highest BCUT2D eigenvalue weighted by atomic mass is 79.9. The standard InChI is InChI=1S/C19H19BrN4OS2/c1-23(11-13-5-2-3-6-15(13)20)17(25)12-27-19-22-21-18(16-7-4-10-26-16)24(19)14-8-9-14/h2-7,10,14H,8-9,11-12H2,1H3. The van der Waals surface area contributed by atoms with Crippen molar-refractivity contribution in [3.63, 3.8) is 0 Å². The highest BCUT2D eigenvalue weighted by Gasteiger charge is 2.30. The molecule has 0 spiro atoms. The first-order valence-electron chi connectivity index (χ1n) is 8.72. The lowest BCUT2D eigenvalue weighted by molar-refractivity contribution is -0.127. The predicted octanol–water partition coefficient (Wildman–Crippen LogP) is 4.85. The van der Waals surface area contributed by atoms with Crippen molar-refractivity contribution in [3.8, 4) is 10.7 Å². The molecule has 8 heteroatoms. The molecular weight excluding hydrogens is 444 g/mol. The summed E-state index contributed by atoms with van der Waals surface area (Å²) < 4.78 is 3.23. The van der Waals surface area contributed by atoms with E-state index in [1.807, 2.05) is 42.8 Å². The van der Waals surface area contributed by atoms with Crippen LogP contribution in [-0.4, -0.2) is 38.4 Å². The predicted molar refractivity (Wildman–Crippen MR) is 113 cm³/mol. The number of nitrogens with zero attached hydrogens (tertiary/aromatic N) is 4. The van der Waals surface area contributed by atoms with Crippen molar-refractivity contribution in [1.82, 2.24) is 19.7 Å². The maximum absolute atomic E-state index is 12.6. The van der Waals surface area contributed by atoms with Gasteiger partial charge in [0.25, 0.3) is 0 Å². The van der Waals surface area contributed by atoms with Gasteiger partial charge in [0.1, 0.15) is 0 Å². The van der Waals surface area contributed by atoms with Gasteiger partial charge in [-0.2, -0.15) is 0 Å². The smallest absolute Gasteiger partial charge is 0.233 e. The average Bonchev–Trinajstić information content (AvgIpc) is 3.19. The number of halogens is 1. The van der Waals surface area contributed by atoms with Crippen LogP contribution >= 0.6 is 39.0 Å². The number of aromatic nitrogens is 3. The number of thiophene rings is 1. The molecule has 0 bridgehead atoms. The summed E-state index contributed by atoms with van der Waals surface area (Å²) in [7, 11) is 1.84. The number of rotatable bonds is 7. The van der Waals surface area contributed by atoms with E-state index < -0.39 is 0 Å². The van der Waals surface area contributed by atoms with Crippen LogP contribution in [0.25, 0.3) is 10.7 Å². The summed E-state index contributed by atoms with van der Waals surface area (Å²) in [5.41, 5.74) is 1.10. The Morgan fingerprint density at radius 2 is 2.11 bits per heavy atom. The fourth-order valence-electron chi connectivity index (χ4n) is 2.82.